The van der Waals surface area contributed by atoms with Crippen LogP contribution in [-0.4, -0.2) is 31.3 Å². The predicted octanol–water partition coefficient (Wildman–Crippen LogP) is 1.62. The molecule has 15 heavy (non-hydrogen) atoms. The molecule has 1 aliphatic rings. The summed E-state index contributed by atoms with van der Waals surface area (Å²) < 4.78 is 5.43. The van der Waals surface area contributed by atoms with Gasteiger partial charge in [-0.2, -0.15) is 0 Å². The van der Waals surface area contributed by atoms with Gasteiger partial charge in [-0.15, -0.1) is 11.3 Å². The minimum atomic E-state index is 0.512. The summed E-state index contributed by atoms with van der Waals surface area (Å²) in [5, 5.41) is 6.74. The number of nitrogens with zero attached hydrogens (tertiary/aromatic N) is 1. The van der Waals surface area contributed by atoms with Crippen LogP contribution in [0, 0.1) is 12.8 Å². The molecule has 0 aliphatic carbocycles. The van der Waals surface area contributed by atoms with E-state index in [1.165, 1.54) is 11.4 Å². The van der Waals surface area contributed by atoms with Crippen LogP contribution in [0.1, 0.15) is 17.1 Å². The lowest BCUT2D eigenvalue weighted by Crippen LogP contribution is -2.35. The fraction of sp³-hybridized carbons (Fsp3) is 0.727. The molecule has 1 N–H and O–H groups in total. The second kappa shape index (κ2) is 5.05. The molecule has 2 unspecified atom stereocenters. The number of nitrogens with one attached hydrogen (secondary N) is 1. The Morgan fingerprint density at radius 1 is 1.73 bits per heavy atom. The summed E-state index contributed by atoms with van der Waals surface area (Å²) in [6, 6.07) is 0.512. The molecule has 0 saturated carbocycles. The topological polar surface area (TPSA) is 34.2 Å². The van der Waals surface area contributed by atoms with Gasteiger partial charge >= 0.3 is 0 Å². The molecule has 2 rings (SSSR count). The minimum absolute atomic E-state index is 0.512. The Morgan fingerprint density at radius 3 is 3.13 bits per heavy atom. The summed E-state index contributed by atoms with van der Waals surface area (Å²) in [6.07, 6.45) is 2.21. The van der Waals surface area contributed by atoms with Crippen LogP contribution >= 0.6 is 11.3 Å². The van der Waals surface area contributed by atoms with Crippen LogP contribution in [0.2, 0.25) is 0 Å². The first-order valence-corrected chi connectivity index (χ1v) is 6.33. The lowest BCUT2D eigenvalue weighted by molar-refractivity contribution is 0.177. The van der Waals surface area contributed by atoms with E-state index >= 15 is 0 Å². The lowest BCUT2D eigenvalue weighted by Gasteiger charge is -2.20. The molecule has 1 aromatic rings. The average molecular weight is 226 g/mol. The van der Waals surface area contributed by atoms with Crippen LogP contribution in [0.25, 0.3) is 0 Å². The molecular formula is C11H18N2OS. The number of likely N-dealkylation sites (N-methyl/N-ethyl adjacent to an activating group) is 1. The van der Waals surface area contributed by atoms with Crippen molar-refractivity contribution in [2.75, 3.05) is 20.3 Å². The van der Waals surface area contributed by atoms with Gasteiger partial charge in [-0.25, -0.2) is 4.98 Å². The zero-order valence-electron chi connectivity index (χ0n) is 9.32. The molecule has 0 spiro atoms. The van der Waals surface area contributed by atoms with Gasteiger partial charge in [0.15, 0.2) is 0 Å². The molecule has 0 amide bonds. The summed E-state index contributed by atoms with van der Waals surface area (Å²) >= 11 is 1.76. The fourth-order valence-electron chi connectivity index (χ4n) is 2.06. The van der Waals surface area contributed by atoms with Crippen LogP contribution in [0.3, 0.4) is 0 Å². The molecule has 2 atom stereocenters. The molecule has 1 aliphatic heterocycles. The van der Waals surface area contributed by atoms with Gasteiger partial charge in [0, 0.05) is 36.1 Å². The summed E-state index contributed by atoms with van der Waals surface area (Å²) in [4.78, 5) is 4.51. The third kappa shape index (κ3) is 2.77. The molecular weight excluding hydrogens is 208 g/mol. The lowest BCUT2D eigenvalue weighted by atomic mass is 9.97. The Kier molecular flexibility index (Phi) is 3.72. The maximum Gasteiger partial charge on any atom is 0.0943 e. The van der Waals surface area contributed by atoms with Crippen LogP contribution in [0.4, 0.5) is 0 Å². The number of aromatic nitrogens is 1. The van der Waals surface area contributed by atoms with Crippen molar-refractivity contribution in [2.45, 2.75) is 25.8 Å². The van der Waals surface area contributed by atoms with E-state index in [-0.39, 0.29) is 0 Å². The third-order valence-electron chi connectivity index (χ3n) is 2.97. The maximum absolute atomic E-state index is 5.43. The zero-order chi connectivity index (χ0) is 10.7. The number of aryl methyl sites for hydroxylation is 1. The van der Waals surface area contributed by atoms with Gasteiger partial charge in [-0.3, -0.25) is 0 Å². The number of hydrogen-bond donors (Lipinski definition) is 1. The van der Waals surface area contributed by atoms with Gasteiger partial charge in [-0.05, 0) is 20.4 Å². The average Bonchev–Trinajstić information content (AvgIpc) is 2.85. The fourth-order valence-corrected chi connectivity index (χ4v) is 2.89. The van der Waals surface area contributed by atoms with Gasteiger partial charge < -0.3 is 10.1 Å². The van der Waals surface area contributed by atoms with E-state index in [2.05, 4.69) is 15.7 Å². The predicted molar refractivity (Wildman–Crippen MR) is 62.3 cm³/mol. The number of ether oxygens (including phenoxy) is 1. The van der Waals surface area contributed by atoms with Crippen molar-refractivity contribution in [1.82, 2.24) is 10.3 Å². The Bertz CT molecular complexity index is 307. The van der Waals surface area contributed by atoms with E-state index in [0.717, 1.165) is 25.3 Å². The zero-order valence-corrected chi connectivity index (χ0v) is 10.1. The summed E-state index contributed by atoms with van der Waals surface area (Å²) in [7, 11) is 2.03. The summed E-state index contributed by atoms with van der Waals surface area (Å²) in [5.74, 6) is 0.652. The molecule has 0 radical (unpaired) electrons. The second-order valence-corrected chi connectivity index (χ2v) is 5.05. The van der Waals surface area contributed by atoms with Gasteiger partial charge in [0.25, 0.3) is 0 Å². The molecule has 1 aromatic heterocycles. The van der Waals surface area contributed by atoms with Crippen molar-refractivity contribution in [1.29, 1.82) is 0 Å². The molecule has 84 valence electrons. The van der Waals surface area contributed by atoms with Crippen molar-refractivity contribution in [2.24, 2.45) is 5.92 Å². The SMILES string of the molecule is CNC(Cc1nc(C)cs1)C1CCOC1. The molecule has 0 aromatic carbocycles. The highest BCUT2D eigenvalue weighted by molar-refractivity contribution is 7.09. The van der Waals surface area contributed by atoms with Gasteiger partial charge in [0.2, 0.25) is 0 Å². The highest BCUT2D eigenvalue weighted by Gasteiger charge is 2.25. The molecule has 4 heteroatoms. The first-order chi connectivity index (χ1) is 7.29. The Balaban J connectivity index is 1.95. The largest absolute Gasteiger partial charge is 0.381 e. The summed E-state index contributed by atoms with van der Waals surface area (Å²) in [5.41, 5.74) is 1.13. The Hall–Kier alpha value is -0.450. The maximum atomic E-state index is 5.43. The molecule has 0 bridgehead atoms. The first kappa shape index (κ1) is 11.0. The van der Waals surface area contributed by atoms with Crippen molar-refractivity contribution >= 4 is 11.3 Å². The van der Waals surface area contributed by atoms with Crippen molar-refractivity contribution in [3.63, 3.8) is 0 Å². The van der Waals surface area contributed by atoms with Crippen molar-refractivity contribution in [3.05, 3.63) is 16.1 Å². The van der Waals surface area contributed by atoms with E-state index in [4.69, 9.17) is 4.74 Å². The Morgan fingerprint density at radius 2 is 2.60 bits per heavy atom. The van der Waals surface area contributed by atoms with Gasteiger partial charge in [-0.1, -0.05) is 0 Å². The number of thiazole rings is 1. The van der Waals surface area contributed by atoms with Crippen LogP contribution < -0.4 is 5.32 Å². The van der Waals surface area contributed by atoms with E-state index in [1.54, 1.807) is 11.3 Å². The number of hydrogen-bond acceptors (Lipinski definition) is 4. The molecule has 3 nitrogen and oxygen atoms in total. The van der Waals surface area contributed by atoms with Crippen LogP contribution in [0.5, 0.6) is 0 Å². The molecule has 1 fully saturated rings. The second-order valence-electron chi connectivity index (χ2n) is 4.11. The van der Waals surface area contributed by atoms with E-state index in [0.29, 0.717) is 12.0 Å². The van der Waals surface area contributed by atoms with Gasteiger partial charge in [0.1, 0.15) is 0 Å². The summed E-state index contributed by atoms with van der Waals surface area (Å²) in [6.45, 7) is 3.86. The minimum Gasteiger partial charge on any atom is -0.381 e. The van der Waals surface area contributed by atoms with Crippen molar-refractivity contribution < 1.29 is 4.74 Å². The highest BCUT2D eigenvalue weighted by Crippen LogP contribution is 2.21. The first-order valence-electron chi connectivity index (χ1n) is 5.45. The van der Waals surface area contributed by atoms with E-state index in [9.17, 15) is 0 Å². The monoisotopic (exact) mass is 226 g/mol. The normalized spacial score (nSPS) is 23.2. The van der Waals surface area contributed by atoms with Crippen LogP contribution in [0.15, 0.2) is 5.38 Å². The van der Waals surface area contributed by atoms with E-state index < -0.39 is 0 Å². The molecule has 2 heterocycles. The Labute approximate surface area is 94.9 Å². The van der Waals surface area contributed by atoms with E-state index in [1.807, 2.05) is 14.0 Å². The quantitative estimate of drug-likeness (QED) is 0.847. The van der Waals surface area contributed by atoms with Crippen molar-refractivity contribution in [3.8, 4) is 0 Å². The smallest absolute Gasteiger partial charge is 0.0943 e. The third-order valence-corrected chi connectivity index (χ3v) is 3.95. The van der Waals surface area contributed by atoms with Crippen LogP contribution in [-0.2, 0) is 11.2 Å². The standard InChI is InChI=1S/C11H18N2OS/c1-8-7-15-11(13-8)5-10(12-2)9-3-4-14-6-9/h7,9-10,12H,3-6H2,1-2H3. The number of rotatable bonds is 4. The molecule has 1 saturated heterocycles. The van der Waals surface area contributed by atoms with Gasteiger partial charge in [0.05, 0.1) is 11.6 Å². The highest BCUT2D eigenvalue weighted by atomic mass is 32.1.